The molecule has 3 heteroatoms. The fourth-order valence-electron chi connectivity index (χ4n) is 2.37. The zero-order valence-corrected chi connectivity index (χ0v) is 13.4. The number of hydrogen-bond donors (Lipinski definition) is 1. The fraction of sp³-hybridized carbons (Fsp3) is 0.647. The van der Waals surface area contributed by atoms with Gasteiger partial charge in [0, 0.05) is 6.04 Å². The Balaban J connectivity index is 2.73. The van der Waals surface area contributed by atoms with Crippen molar-refractivity contribution in [3.05, 3.63) is 23.8 Å². The molecule has 0 aromatic heterocycles. The van der Waals surface area contributed by atoms with Crippen molar-refractivity contribution in [1.29, 1.82) is 0 Å². The van der Waals surface area contributed by atoms with Crippen LogP contribution in [0.5, 0.6) is 11.5 Å². The number of hydrogen-bond acceptors (Lipinski definition) is 3. The van der Waals surface area contributed by atoms with Crippen molar-refractivity contribution >= 4 is 0 Å². The average molecular weight is 279 g/mol. The Morgan fingerprint density at radius 3 is 2.50 bits per heavy atom. The van der Waals surface area contributed by atoms with Crippen molar-refractivity contribution in [3.63, 3.8) is 0 Å². The zero-order valence-electron chi connectivity index (χ0n) is 13.4. The number of benzene rings is 1. The first kappa shape index (κ1) is 16.8. The monoisotopic (exact) mass is 279 g/mol. The summed E-state index contributed by atoms with van der Waals surface area (Å²) in [5.74, 6) is 1.83. The minimum absolute atomic E-state index is 0.224. The van der Waals surface area contributed by atoms with Gasteiger partial charge in [-0.2, -0.15) is 0 Å². The van der Waals surface area contributed by atoms with Crippen molar-refractivity contribution in [3.8, 4) is 11.5 Å². The van der Waals surface area contributed by atoms with Gasteiger partial charge in [-0.15, -0.1) is 0 Å². The van der Waals surface area contributed by atoms with Crippen LogP contribution in [0.3, 0.4) is 0 Å². The van der Waals surface area contributed by atoms with E-state index in [1.54, 1.807) is 7.11 Å². The van der Waals surface area contributed by atoms with Gasteiger partial charge >= 0.3 is 0 Å². The number of methoxy groups -OCH3 is 1. The molecule has 1 N–H and O–H groups in total. The Bertz CT molecular complexity index is 379. The third-order valence-corrected chi connectivity index (χ3v) is 3.44. The van der Waals surface area contributed by atoms with Crippen LogP contribution >= 0.6 is 0 Å². The van der Waals surface area contributed by atoms with Gasteiger partial charge in [-0.3, -0.25) is 0 Å². The van der Waals surface area contributed by atoms with Gasteiger partial charge in [0.25, 0.3) is 0 Å². The molecule has 1 atom stereocenters. The highest BCUT2D eigenvalue weighted by atomic mass is 16.5. The Morgan fingerprint density at radius 1 is 1.10 bits per heavy atom. The van der Waals surface area contributed by atoms with Crippen LogP contribution in [0.1, 0.15) is 58.1 Å². The van der Waals surface area contributed by atoms with Gasteiger partial charge in [0.15, 0.2) is 0 Å². The van der Waals surface area contributed by atoms with Crippen LogP contribution in [0.15, 0.2) is 18.2 Å². The summed E-state index contributed by atoms with van der Waals surface area (Å²) in [5, 5.41) is 3.43. The second-order valence-electron chi connectivity index (χ2n) is 5.06. The van der Waals surface area contributed by atoms with Gasteiger partial charge in [0.1, 0.15) is 11.5 Å². The van der Waals surface area contributed by atoms with Crippen LogP contribution in [0.25, 0.3) is 0 Å². The largest absolute Gasteiger partial charge is 0.496 e. The summed E-state index contributed by atoms with van der Waals surface area (Å²) in [6.07, 6.45) is 4.88. The van der Waals surface area contributed by atoms with Gasteiger partial charge in [0.05, 0.1) is 19.3 Å². The van der Waals surface area contributed by atoms with E-state index in [0.29, 0.717) is 0 Å². The maximum atomic E-state index is 5.97. The summed E-state index contributed by atoms with van der Waals surface area (Å²) in [6, 6.07) is 6.24. The Kier molecular flexibility index (Phi) is 8.12. The lowest BCUT2D eigenvalue weighted by Gasteiger charge is -2.20. The molecule has 0 heterocycles. The van der Waals surface area contributed by atoms with E-state index in [-0.39, 0.29) is 6.04 Å². The van der Waals surface area contributed by atoms with Crippen LogP contribution in [-0.4, -0.2) is 20.3 Å². The summed E-state index contributed by atoms with van der Waals surface area (Å²) >= 11 is 0. The van der Waals surface area contributed by atoms with E-state index < -0.39 is 0 Å². The summed E-state index contributed by atoms with van der Waals surface area (Å²) in [6.45, 7) is 8.18. The molecule has 20 heavy (non-hydrogen) atoms. The summed E-state index contributed by atoms with van der Waals surface area (Å²) in [5.41, 5.74) is 1.12. The van der Waals surface area contributed by atoms with Crippen LogP contribution in [0, 0.1) is 0 Å². The maximum Gasteiger partial charge on any atom is 0.127 e. The normalized spacial score (nSPS) is 12.2. The molecule has 0 aliphatic heterocycles. The van der Waals surface area contributed by atoms with Gasteiger partial charge < -0.3 is 14.8 Å². The van der Waals surface area contributed by atoms with E-state index in [0.717, 1.165) is 36.6 Å². The van der Waals surface area contributed by atoms with E-state index in [9.17, 15) is 0 Å². The molecule has 0 bridgehead atoms. The van der Waals surface area contributed by atoms with Gasteiger partial charge in [-0.05, 0) is 32.0 Å². The minimum Gasteiger partial charge on any atom is -0.496 e. The first-order valence-electron chi connectivity index (χ1n) is 7.77. The molecule has 0 saturated carbocycles. The van der Waals surface area contributed by atoms with Crippen LogP contribution in [-0.2, 0) is 0 Å². The highest BCUT2D eigenvalue weighted by Crippen LogP contribution is 2.34. The van der Waals surface area contributed by atoms with Gasteiger partial charge in [-0.25, -0.2) is 0 Å². The predicted octanol–water partition coefficient (Wildman–Crippen LogP) is 4.32. The molecule has 0 aliphatic carbocycles. The molecule has 1 unspecified atom stereocenters. The number of unbranched alkanes of at least 4 members (excludes halogenated alkanes) is 3. The van der Waals surface area contributed by atoms with E-state index in [1.807, 2.05) is 18.2 Å². The van der Waals surface area contributed by atoms with Gasteiger partial charge in [0.2, 0.25) is 0 Å². The van der Waals surface area contributed by atoms with E-state index >= 15 is 0 Å². The Hall–Kier alpha value is -1.22. The standard InChI is InChI=1S/C17H29NO2/c1-5-7-8-9-13-20-16-12-10-11-15(19-4)17(16)14(3)18-6-2/h10-12,14,18H,5-9,13H2,1-4H3. The Labute approximate surface area is 123 Å². The van der Waals surface area contributed by atoms with Crippen molar-refractivity contribution in [1.82, 2.24) is 5.32 Å². The molecule has 0 amide bonds. The second-order valence-corrected chi connectivity index (χ2v) is 5.06. The first-order chi connectivity index (χ1) is 9.74. The topological polar surface area (TPSA) is 30.5 Å². The van der Waals surface area contributed by atoms with Crippen molar-refractivity contribution < 1.29 is 9.47 Å². The number of rotatable bonds is 10. The fourth-order valence-corrected chi connectivity index (χ4v) is 2.37. The number of ether oxygens (including phenoxy) is 2. The van der Waals surface area contributed by atoms with Crippen LogP contribution in [0.4, 0.5) is 0 Å². The zero-order chi connectivity index (χ0) is 14.8. The average Bonchev–Trinajstić information content (AvgIpc) is 2.46. The molecule has 3 nitrogen and oxygen atoms in total. The smallest absolute Gasteiger partial charge is 0.127 e. The molecule has 0 saturated heterocycles. The second kappa shape index (κ2) is 9.65. The third-order valence-electron chi connectivity index (χ3n) is 3.44. The molecule has 1 aromatic rings. The predicted molar refractivity (Wildman–Crippen MR) is 84.7 cm³/mol. The van der Waals surface area contributed by atoms with E-state index in [4.69, 9.17) is 9.47 Å². The molecule has 0 fully saturated rings. The van der Waals surface area contributed by atoms with E-state index in [2.05, 4.69) is 26.1 Å². The first-order valence-corrected chi connectivity index (χ1v) is 7.77. The summed E-state index contributed by atoms with van der Waals surface area (Å²) in [7, 11) is 1.71. The maximum absolute atomic E-state index is 5.97. The lowest BCUT2D eigenvalue weighted by Crippen LogP contribution is -2.19. The summed E-state index contributed by atoms with van der Waals surface area (Å²) < 4.78 is 11.5. The molecular weight excluding hydrogens is 250 g/mol. The highest BCUT2D eigenvalue weighted by Gasteiger charge is 2.16. The SMILES string of the molecule is CCCCCCOc1cccc(OC)c1C(C)NCC. The van der Waals surface area contributed by atoms with Crippen LogP contribution in [0.2, 0.25) is 0 Å². The molecular formula is C17H29NO2. The van der Waals surface area contributed by atoms with Crippen molar-refractivity contribution in [2.24, 2.45) is 0 Å². The van der Waals surface area contributed by atoms with Crippen molar-refractivity contribution in [2.45, 2.75) is 52.5 Å². The third kappa shape index (κ3) is 5.04. The quantitative estimate of drug-likeness (QED) is 0.647. The lowest BCUT2D eigenvalue weighted by molar-refractivity contribution is 0.295. The molecule has 0 spiro atoms. The molecule has 114 valence electrons. The van der Waals surface area contributed by atoms with E-state index in [1.165, 1.54) is 19.3 Å². The van der Waals surface area contributed by atoms with Gasteiger partial charge in [-0.1, -0.05) is 39.2 Å². The number of nitrogens with one attached hydrogen (secondary N) is 1. The minimum atomic E-state index is 0.224. The van der Waals surface area contributed by atoms with Crippen molar-refractivity contribution in [2.75, 3.05) is 20.3 Å². The molecule has 1 aromatic carbocycles. The lowest BCUT2D eigenvalue weighted by atomic mass is 10.1. The molecule has 0 aliphatic rings. The molecule has 1 rings (SSSR count). The van der Waals surface area contributed by atoms with Crippen LogP contribution < -0.4 is 14.8 Å². The Morgan fingerprint density at radius 2 is 1.85 bits per heavy atom. The highest BCUT2D eigenvalue weighted by molar-refractivity contribution is 5.46. The summed E-state index contributed by atoms with van der Waals surface area (Å²) in [4.78, 5) is 0. The molecule has 0 radical (unpaired) electrons.